The molecule has 2 aromatic rings. The summed E-state index contributed by atoms with van der Waals surface area (Å²) in [6.07, 6.45) is 1.75. The van der Waals surface area contributed by atoms with Crippen molar-refractivity contribution >= 4 is 40.2 Å². The third-order valence-corrected chi connectivity index (χ3v) is 4.82. The fourth-order valence-corrected chi connectivity index (χ4v) is 3.65. The van der Waals surface area contributed by atoms with E-state index in [1.54, 1.807) is 40.9 Å². The normalized spacial score (nSPS) is 18.4. The largest absolute Gasteiger partial charge is 0.507 e. The Morgan fingerprint density at radius 1 is 1.13 bits per heavy atom. The van der Waals surface area contributed by atoms with Crippen LogP contribution in [0.5, 0.6) is 5.75 Å². The molecule has 2 aromatic carbocycles. The smallest absolute Gasteiger partial charge is 0.265 e. The summed E-state index contributed by atoms with van der Waals surface area (Å²) in [4.78, 5) is 19.1. The number of aromatic hydroxyl groups is 1. The van der Waals surface area contributed by atoms with Crippen LogP contribution in [0, 0.1) is 0 Å². The van der Waals surface area contributed by atoms with Crippen LogP contribution in [-0.2, 0) is 4.79 Å². The molecule has 0 unspecified atom stereocenters. The van der Waals surface area contributed by atoms with Crippen molar-refractivity contribution in [2.24, 2.45) is 4.99 Å². The van der Waals surface area contributed by atoms with Gasteiger partial charge < -0.3 is 5.11 Å². The molecule has 0 bridgehead atoms. The molecule has 2 aliphatic rings. The molecule has 0 saturated carbocycles. The van der Waals surface area contributed by atoms with Crippen LogP contribution in [0.15, 0.2) is 53.5 Å². The molecule has 1 N–H and O–H groups in total. The Morgan fingerprint density at radius 2 is 1.91 bits per heavy atom. The SMILES string of the molecule is O=C1/C(=C\c2ccccc2O)c2ccccc2N1C1=NCCS1. The van der Waals surface area contributed by atoms with Gasteiger partial charge in [-0.1, -0.05) is 48.2 Å². The first kappa shape index (κ1) is 14.1. The summed E-state index contributed by atoms with van der Waals surface area (Å²) in [5.41, 5.74) is 2.94. The summed E-state index contributed by atoms with van der Waals surface area (Å²) in [7, 11) is 0. The van der Waals surface area contributed by atoms with Gasteiger partial charge >= 0.3 is 0 Å². The number of anilines is 1. The molecule has 0 aliphatic carbocycles. The highest BCUT2D eigenvalue weighted by atomic mass is 32.2. The van der Waals surface area contributed by atoms with Crippen molar-refractivity contribution in [1.29, 1.82) is 0 Å². The number of amides is 1. The summed E-state index contributed by atoms with van der Waals surface area (Å²) >= 11 is 1.60. The molecule has 114 valence electrons. The third-order valence-electron chi connectivity index (χ3n) is 3.87. The first-order chi connectivity index (χ1) is 11.3. The lowest BCUT2D eigenvalue weighted by atomic mass is 10.0. The predicted molar refractivity (Wildman–Crippen MR) is 94.7 cm³/mol. The second-order valence-corrected chi connectivity index (χ2v) is 6.35. The van der Waals surface area contributed by atoms with Gasteiger partial charge in [0.2, 0.25) is 0 Å². The molecule has 1 amide bonds. The molecule has 4 nitrogen and oxygen atoms in total. The highest BCUT2D eigenvalue weighted by Gasteiger charge is 2.36. The number of phenolic OH excluding ortho intramolecular Hbond substituents is 1. The third kappa shape index (κ3) is 2.33. The molecule has 23 heavy (non-hydrogen) atoms. The average molecular weight is 322 g/mol. The van der Waals surface area contributed by atoms with Gasteiger partial charge in [0, 0.05) is 16.9 Å². The van der Waals surface area contributed by atoms with Crippen LogP contribution in [0.1, 0.15) is 11.1 Å². The topological polar surface area (TPSA) is 52.9 Å². The Bertz CT molecular complexity index is 858. The number of benzene rings is 2. The number of fused-ring (bicyclic) bond motifs is 1. The summed E-state index contributed by atoms with van der Waals surface area (Å²) in [5, 5.41) is 10.7. The number of hydrogen-bond donors (Lipinski definition) is 1. The van der Waals surface area contributed by atoms with Gasteiger partial charge in [0.25, 0.3) is 5.91 Å². The highest BCUT2D eigenvalue weighted by Crippen LogP contribution is 2.40. The van der Waals surface area contributed by atoms with Crippen LogP contribution in [0.25, 0.3) is 11.6 Å². The quantitative estimate of drug-likeness (QED) is 0.819. The van der Waals surface area contributed by atoms with Crippen LogP contribution in [0.3, 0.4) is 0 Å². The lowest BCUT2D eigenvalue weighted by molar-refractivity contribution is -0.112. The predicted octanol–water partition coefficient (Wildman–Crippen LogP) is 3.38. The van der Waals surface area contributed by atoms with E-state index in [1.807, 2.05) is 30.3 Å². The molecule has 0 fully saturated rings. The van der Waals surface area contributed by atoms with Gasteiger partial charge in [0.1, 0.15) is 5.75 Å². The van der Waals surface area contributed by atoms with Crippen LogP contribution in [0.2, 0.25) is 0 Å². The van der Waals surface area contributed by atoms with Gasteiger partial charge in [-0.05, 0) is 18.2 Å². The Hall–Kier alpha value is -2.53. The van der Waals surface area contributed by atoms with Crippen molar-refractivity contribution in [1.82, 2.24) is 0 Å². The van der Waals surface area contributed by atoms with Crippen molar-refractivity contribution in [2.75, 3.05) is 17.2 Å². The number of phenols is 1. The molecule has 0 radical (unpaired) electrons. The van der Waals surface area contributed by atoms with Gasteiger partial charge in [-0.25, -0.2) is 0 Å². The number of carbonyl (C=O) groups excluding carboxylic acids is 1. The lowest BCUT2D eigenvalue weighted by Gasteiger charge is -2.15. The summed E-state index contributed by atoms with van der Waals surface area (Å²) in [6, 6.07) is 14.7. The minimum Gasteiger partial charge on any atom is -0.507 e. The van der Waals surface area contributed by atoms with Gasteiger partial charge in [0.15, 0.2) is 5.17 Å². The number of nitrogens with zero attached hydrogens (tertiary/aromatic N) is 2. The average Bonchev–Trinajstić information content (AvgIpc) is 3.17. The minimum atomic E-state index is -0.0948. The molecule has 0 saturated heterocycles. The standard InChI is InChI=1S/C18H14N2O2S/c21-16-8-4-1-5-12(16)11-14-13-6-2-3-7-15(13)20(17(14)22)18-19-9-10-23-18/h1-8,11,21H,9-10H2/b14-11-. The molecule has 2 aliphatic heterocycles. The lowest BCUT2D eigenvalue weighted by Crippen LogP contribution is -2.30. The fourth-order valence-electron chi connectivity index (χ4n) is 2.80. The van der Waals surface area contributed by atoms with Crippen molar-refractivity contribution in [3.63, 3.8) is 0 Å². The van der Waals surface area contributed by atoms with Crippen LogP contribution in [0.4, 0.5) is 5.69 Å². The summed E-state index contributed by atoms with van der Waals surface area (Å²) in [5.74, 6) is 0.971. The monoisotopic (exact) mass is 322 g/mol. The van der Waals surface area contributed by atoms with E-state index in [4.69, 9.17) is 0 Å². The Labute approximate surface area is 138 Å². The molecule has 0 atom stereocenters. The van der Waals surface area contributed by atoms with E-state index >= 15 is 0 Å². The van der Waals surface area contributed by atoms with E-state index in [0.717, 1.165) is 28.7 Å². The highest BCUT2D eigenvalue weighted by molar-refractivity contribution is 8.14. The fraction of sp³-hybridized carbons (Fsp3) is 0.111. The number of hydrogen-bond acceptors (Lipinski definition) is 4. The number of para-hydroxylation sites is 2. The van der Waals surface area contributed by atoms with E-state index in [1.165, 1.54) is 0 Å². The number of amidine groups is 1. The number of carbonyl (C=O) groups is 1. The zero-order valence-corrected chi connectivity index (χ0v) is 13.1. The molecule has 2 heterocycles. The van der Waals surface area contributed by atoms with Gasteiger partial charge in [-0.2, -0.15) is 0 Å². The van der Waals surface area contributed by atoms with E-state index in [2.05, 4.69) is 4.99 Å². The number of aliphatic imine (C=N–C) groups is 1. The van der Waals surface area contributed by atoms with Gasteiger partial charge in [-0.3, -0.25) is 14.7 Å². The van der Waals surface area contributed by atoms with Crippen molar-refractivity contribution in [3.8, 4) is 5.75 Å². The van der Waals surface area contributed by atoms with Gasteiger partial charge in [0.05, 0.1) is 17.8 Å². The first-order valence-electron chi connectivity index (χ1n) is 7.36. The summed E-state index contributed by atoms with van der Waals surface area (Å²) in [6.45, 7) is 0.741. The van der Waals surface area contributed by atoms with Crippen LogP contribution in [-0.4, -0.2) is 28.5 Å². The zero-order valence-electron chi connectivity index (χ0n) is 12.3. The Kier molecular flexibility index (Phi) is 3.42. The van der Waals surface area contributed by atoms with Crippen molar-refractivity contribution in [2.45, 2.75) is 0 Å². The van der Waals surface area contributed by atoms with Crippen molar-refractivity contribution < 1.29 is 9.90 Å². The van der Waals surface area contributed by atoms with E-state index in [0.29, 0.717) is 11.1 Å². The molecular weight excluding hydrogens is 308 g/mol. The molecular formula is C18H14N2O2S. The van der Waals surface area contributed by atoms with Gasteiger partial charge in [-0.15, -0.1) is 0 Å². The second-order valence-electron chi connectivity index (χ2n) is 5.29. The van der Waals surface area contributed by atoms with Crippen LogP contribution < -0.4 is 4.90 Å². The number of thioether (sulfide) groups is 1. The summed E-state index contributed by atoms with van der Waals surface area (Å²) < 4.78 is 0. The molecule has 4 rings (SSSR count). The first-order valence-corrected chi connectivity index (χ1v) is 8.35. The van der Waals surface area contributed by atoms with E-state index < -0.39 is 0 Å². The second kappa shape index (κ2) is 5.59. The minimum absolute atomic E-state index is 0.0948. The maximum atomic E-state index is 12.9. The van der Waals surface area contributed by atoms with Crippen LogP contribution >= 0.6 is 11.8 Å². The van der Waals surface area contributed by atoms with E-state index in [9.17, 15) is 9.90 Å². The Morgan fingerprint density at radius 3 is 2.70 bits per heavy atom. The molecule has 0 spiro atoms. The zero-order chi connectivity index (χ0) is 15.8. The van der Waals surface area contributed by atoms with Crippen molar-refractivity contribution in [3.05, 3.63) is 59.7 Å². The molecule has 5 heteroatoms. The van der Waals surface area contributed by atoms with E-state index in [-0.39, 0.29) is 11.7 Å². The number of rotatable bonds is 1. The maximum Gasteiger partial charge on any atom is 0.265 e. The maximum absolute atomic E-state index is 12.9. The Balaban J connectivity index is 1.86. The molecule has 0 aromatic heterocycles.